The van der Waals surface area contributed by atoms with Crippen LogP contribution in [-0.4, -0.2) is 102 Å². The average Bonchev–Trinajstić information content (AvgIpc) is 3.30. The highest BCUT2D eigenvalue weighted by molar-refractivity contribution is 6.05. The van der Waals surface area contributed by atoms with E-state index >= 15 is 0 Å². The smallest absolute Gasteiger partial charge is 0.257 e. The molecule has 3 fully saturated rings. The number of piperazine rings is 1. The highest BCUT2D eigenvalue weighted by Crippen LogP contribution is 2.37. The SMILES string of the molecule is CN1C[C@H](N2CCNCC2)C[C@H]1COc1ccc2c(c1)C(=O)N(C1CCC(=O)NC1=O)C2O. The normalized spacial score (nSPS) is 31.1. The lowest BCUT2D eigenvalue weighted by molar-refractivity contribution is -0.139. The van der Waals surface area contributed by atoms with E-state index in [2.05, 4.69) is 27.5 Å². The maximum atomic E-state index is 13.0. The van der Waals surface area contributed by atoms with Crippen LogP contribution in [0.2, 0.25) is 0 Å². The number of hydrogen-bond donors (Lipinski definition) is 3. The summed E-state index contributed by atoms with van der Waals surface area (Å²) in [5.74, 6) is -0.763. The van der Waals surface area contributed by atoms with Gasteiger partial charge in [-0.25, -0.2) is 0 Å². The van der Waals surface area contributed by atoms with Crippen LogP contribution in [0.15, 0.2) is 18.2 Å². The van der Waals surface area contributed by atoms with E-state index in [0.29, 0.717) is 35.6 Å². The number of aliphatic hydroxyl groups excluding tert-OH is 1. The zero-order chi connectivity index (χ0) is 23.1. The number of nitrogens with one attached hydrogen (secondary N) is 2. The van der Waals surface area contributed by atoms with Gasteiger partial charge in [0.25, 0.3) is 5.91 Å². The van der Waals surface area contributed by atoms with Gasteiger partial charge in [0.05, 0.1) is 5.56 Å². The molecule has 0 aromatic heterocycles. The lowest BCUT2D eigenvalue weighted by Gasteiger charge is -2.32. The molecule has 3 N–H and O–H groups in total. The monoisotopic (exact) mass is 457 g/mol. The third-order valence-corrected chi connectivity index (χ3v) is 7.35. The van der Waals surface area contributed by atoms with Crippen LogP contribution in [0.25, 0.3) is 0 Å². The predicted molar refractivity (Wildman–Crippen MR) is 119 cm³/mol. The van der Waals surface area contributed by atoms with E-state index in [9.17, 15) is 19.5 Å². The number of fused-ring (bicyclic) bond motifs is 1. The van der Waals surface area contributed by atoms with Crippen molar-refractivity contribution in [3.63, 3.8) is 0 Å². The number of likely N-dealkylation sites (tertiary alicyclic amines) is 1. The Hall–Kier alpha value is -2.53. The van der Waals surface area contributed by atoms with Crippen LogP contribution in [-0.2, 0) is 9.59 Å². The van der Waals surface area contributed by atoms with Gasteiger partial charge in [-0.1, -0.05) is 6.07 Å². The van der Waals surface area contributed by atoms with Gasteiger partial charge in [0.1, 0.15) is 18.4 Å². The Labute approximate surface area is 192 Å². The fourth-order valence-corrected chi connectivity index (χ4v) is 5.44. The third-order valence-electron chi connectivity index (χ3n) is 7.35. The summed E-state index contributed by atoms with van der Waals surface area (Å²) in [6, 6.07) is 5.04. The Morgan fingerprint density at radius 1 is 1.18 bits per heavy atom. The highest BCUT2D eigenvalue weighted by atomic mass is 16.5. The second-order valence-electron chi connectivity index (χ2n) is 9.38. The molecule has 1 aromatic rings. The van der Waals surface area contributed by atoms with Crippen LogP contribution in [0.3, 0.4) is 0 Å². The van der Waals surface area contributed by atoms with Gasteiger partial charge >= 0.3 is 0 Å². The summed E-state index contributed by atoms with van der Waals surface area (Å²) in [5.41, 5.74) is 0.789. The molecule has 0 aliphatic carbocycles. The molecule has 0 radical (unpaired) electrons. The molecule has 0 bridgehead atoms. The molecule has 10 heteroatoms. The van der Waals surface area contributed by atoms with Crippen molar-refractivity contribution in [3.8, 4) is 5.75 Å². The lowest BCUT2D eigenvalue weighted by Crippen LogP contribution is -2.53. The van der Waals surface area contributed by atoms with Crippen LogP contribution < -0.4 is 15.4 Å². The predicted octanol–water partition coefficient (Wildman–Crippen LogP) is -0.705. The number of rotatable bonds is 5. The number of imide groups is 1. The van der Waals surface area contributed by atoms with Crippen molar-refractivity contribution in [1.82, 2.24) is 25.3 Å². The molecule has 2 unspecified atom stereocenters. The van der Waals surface area contributed by atoms with Crippen molar-refractivity contribution >= 4 is 17.7 Å². The van der Waals surface area contributed by atoms with E-state index < -0.39 is 24.1 Å². The van der Waals surface area contributed by atoms with Gasteiger partial charge in [0.2, 0.25) is 11.8 Å². The minimum absolute atomic E-state index is 0.140. The third kappa shape index (κ3) is 4.23. The Bertz CT molecular complexity index is 949. The van der Waals surface area contributed by atoms with Gasteiger partial charge in [0, 0.05) is 56.8 Å². The van der Waals surface area contributed by atoms with E-state index in [4.69, 9.17) is 4.74 Å². The Balaban J connectivity index is 1.23. The minimum Gasteiger partial charge on any atom is -0.492 e. The molecule has 0 saturated carbocycles. The van der Waals surface area contributed by atoms with Crippen molar-refractivity contribution < 1.29 is 24.2 Å². The summed E-state index contributed by atoms with van der Waals surface area (Å²) >= 11 is 0. The molecule has 3 amide bonds. The number of hydrogen-bond acceptors (Lipinski definition) is 8. The number of likely N-dealkylation sites (N-methyl/N-ethyl adjacent to an activating group) is 1. The summed E-state index contributed by atoms with van der Waals surface area (Å²) in [6.45, 7) is 5.75. The van der Waals surface area contributed by atoms with E-state index in [-0.39, 0.29) is 18.7 Å². The minimum atomic E-state index is -1.22. The molecular formula is C23H31N5O5. The number of amides is 3. The number of benzene rings is 1. The first-order valence-corrected chi connectivity index (χ1v) is 11.7. The van der Waals surface area contributed by atoms with E-state index in [1.807, 2.05) is 0 Å². The van der Waals surface area contributed by atoms with Gasteiger partial charge in [0.15, 0.2) is 6.23 Å². The molecule has 4 atom stereocenters. The van der Waals surface area contributed by atoms with Crippen LogP contribution in [0.4, 0.5) is 0 Å². The zero-order valence-corrected chi connectivity index (χ0v) is 18.8. The number of carbonyl (C=O) groups is 3. The van der Waals surface area contributed by atoms with Crippen LogP contribution in [0.5, 0.6) is 5.75 Å². The molecule has 0 spiro atoms. The first-order chi connectivity index (χ1) is 15.9. The van der Waals surface area contributed by atoms with Crippen molar-refractivity contribution in [1.29, 1.82) is 0 Å². The number of piperidine rings is 1. The Morgan fingerprint density at radius 3 is 2.73 bits per heavy atom. The number of ether oxygens (including phenoxy) is 1. The van der Waals surface area contributed by atoms with Crippen LogP contribution >= 0.6 is 0 Å². The fraction of sp³-hybridized carbons (Fsp3) is 0.609. The molecule has 10 nitrogen and oxygen atoms in total. The lowest BCUT2D eigenvalue weighted by atomic mass is 10.0. The molecule has 1 aromatic carbocycles. The second kappa shape index (κ2) is 9.02. The maximum absolute atomic E-state index is 13.0. The molecule has 33 heavy (non-hydrogen) atoms. The summed E-state index contributed by atoms with van der Waals surface area (Å²) in [6.07, 6.45) is 0.169. The molecule has 3 saturated heterocycles. The average molecular weight is 458 g/mol. The topological polar surface area (TPSA) is 114 Å². The van der Waals surface area contributed by atoms with Crippen molar-refractivity contribution in [2.24, 2.45) is 0 Å². The van der Waals surface area contributed by atoms with Crippen molar-refractivity contribution in [3.05, 3.63) is 29.3 Å². The molecular weight excluding hydrogens is 426 g/mol. The van der Waals surface area contributed by atoms with Gasteiger partial charge in [-0.3, -0.25) is 34.4 Å². The number of aliphatic hydroxyl groups is 1. The first kappa shape index (κ1) is 22.3. The molecule has 178 valence electrons. The summed E-state index contributed by atoms with van der Waals surface area (Å²) in [4.78, 5) is 42.8. The second-order valence-corrected chi connectivity index (χ2v) is 9.38. The number of nitrogens with zero attached hydrogens (tertiary/aromatic N) is 3. The summed E-state index contributed by atoms with van der Waals surface area (Å²) < 4.78 is 6.07. The quantitative estimate of drug-likeness (QED) is 0.497. The van der Waals surface area contributed by atoms with E-state index in [0.717, 1.165) is 39.1 Å². The summed E-state index contributed by atoms with van der Waals surface area (Å²) in [5, 5.41) is 16.4. The fourth-order valence-electron chi connectivity index (χ4n) is 5.44. The number of carbonyl (C=O) groups excluding carboxylic acids is 3. The van der Waals surface area contributed by atoms with Gasteiger partial charge in [-0.2, -0.15) is 0 Å². The van der Waals surface area contributed by atoms with Gasteiger partial charge < -0.3 is 15.2 Å². The molecule has 5 rings (SSSR count). The van der Waals surface area contributed by atoms with Crippen molar-refractivity contribution in [2.45, 2.75) is 43.6 Å². The zero-order valence-electron chi connectivity index (χ0n) is 18.8. The highest BCUT2D eigenvalue weighted by Gasteiger charge is 2.44. The van der Waals surface area contributed by atoms with E-state index in [1.165, 1.54) is 4.90 Å². The molecule has 4 heterocycles. The largest absolute Gasteiger partial charge is 0.492 e. The summed E-state index contributed by atoms with van der Waals surface area (Å²) in [7, 11) is 2.12. The standard InChI is InChI=1S/C23H31N5O5/c1-26-12-14(27-8-6-24-7-9-27)10-15(26)13-33-16-2-3-17-18(11-16)23(32)28(22(17)31)19-4-5-20(29)25-21(19)30/h2-3,11,14-15,19,22,24,31H,4-10,12-13H2,1H3,(H,25,29,30)/t14-,15+,19?,22?/m1/s1. The Kier molecular flexibility index (Phi) is 6.09. The van der Waals surface area contributed by atoms with Crippen LogP contribution in [0, 0.1) is 0 Å². The van der Waals surface area contributed by atoms with Crippen molar-refractivity contribution in [2.75, 3.05) is 46.4 Å². The maximum Gasteiger partial charge on any atom is 0.257 e. The van der Waals surface area contributed by atoms with Gasteiger partial charge in [-0.05, 0) is 32.0 Å². The van der Waals surface area contributed by atoms with E-state index in [1.54, 1.807) is 18.2 Å². The molecule has 4 aliphatic heterocycles. The Morgan fingerprint density at radius 2 is 1.97 bits per heavy atom. The van der Waals surface area contributed by atoms with Crippen LogP contribution in [0.1, 0.15) is 41.4 Å². The van der Waals surface area contributed by atoms with Gasteiger partial charge in [-0.15, -0.1) is 0 Å². The molecule has 4 aliphatic rings. The first-order valence-electron chi connectivity index (χ1n) is 11.7.